The summed E-state index contributed by atoms with van der Waals surface area (Å²) in [4.78, 5) is 3.93. The molecule has 0 saturated carbocycles. The monoisotopic (exact) mass is 288 g/mol. The van der Waals surface area contributed by atoms with Crippen molar-refractivity contribution in [3.05, 3.63) is 53.6 Å². The summed E-state index contributed by atoms with van der Waals surface area (Å²) in [6.07, 6.45) is 2.88. The fourth-order valence-electron chi connectivity index (χ4n) is 2.46. The van der Waals surface area contributed by atoms with Gasteiger partial charge in [-0.05, 0) is 35.9 Å². The molecule has 0 bridgehead atoms. The zero-order chi connectivity index (χ0) is 14.7. The van der Waals surface area contributed by atoms with Crippen LogP contribution in [0, 0.1) is 5.82 Å². The summed E-state index contributed by atoms with van der Waals surface area (Å²) in [6.45, 7) is 3.88. The first-order valence-corrected chi connectivity index (χ1v) is 7.01. The Bertz CT molecular complexity index is 633. The predicted molar refractivity (Wildman–Crippen MR) is 77.1 cm³/mol. The van der Waals surface area contributed by atoms with Gasteiger partial charge in [-0.3, -0.25) is 4.98 Å². The van der Waals surface area contributed by atoms with E-state index in [9.17, 15) is 4.39 Å². The Morgan fingerprint density at radius 2 is 1.95 bits per heavy atom. The van der Waals surface area contributed by atoms with Crippen LogP contribution in [0.1, 0.15) is 24.1 Å². The van der Waals surface area contributed by atoms with Gasteiger partial charge in [-0.1, -0.05) is 13.0 Å². The first-order valence-electron chi connectivity index (χ1n) is 7.01. The van der Waals surface area contributed by atoms with Gasteiger partial charge in [-0.25, -0.2) is 4.39 Å². The van der Waals surface area contributed by atoms with Gasteiger partial charge in [0.05, 0.1) is 12.2 Å². The molecule has 5 heteroatoms. The first-order chi connectivity index (χ1) is 10.3. The third-order valence-electron chi connectivity index (χ3n) is 3.37. The lowest BCUT2D eigenvalue weighted by Gasteiger charge is -2.23. The smallest absolute Gasteiger partial charge is 0.161 e. The molecular formula is C16H17FN2O2. The number of hydrogen-bond donors (Lipinski definition) is 1. The molecule has 0 fully saturated rings. The summed E-state index contributed by atoms with van der Waals surface area (Å²) in [5.74, 6) is 1.14. The van der Waals surface area contributed by atoms with Gasteiger partial charge in [0.25, 0.3) is 0 Å². The number of halogens is 1. The van der Waals surface area contributed by atoms with Gasteiger partial charge >= 0.3 is 0 Å². The number of fused-ring (bicyclic) bond motifs is 1. The molecule has 1 aliphatic rings. The van der Waals surface area contributed by atoms with Crippen LogP contribution in [0.4, 0.5) is 4.39 Å². The second kappa shape index (κ2) is 6.10. The van der Waals surface area contributed by atoms with E-state index in [0.717, 1.165) is 29.2 Å². The number of aromatic nitrogens is 1. The van der Waals surface area contributed by atoms with E-state index >= 15 is 0 Å². The predicted octanol–water partition coefficient (Wildman–Crippen LogP) is 2.69. The third-order valence-corrected chi connectivity index (χ3v) is 3.37. The molecule has 0 saturated heterocycles. The van der Waals surface area contributed by atoms with E-state index in [-0.39, 0.29) is 11.9 Å². The van der Waals surface area contributed by atoms with Crippen molar-refractivity contribution in [3.63, 3.8) is 0 Å². The lowest BCUT2D eigenvalue weighted by Crippen LogP contribution is -2.23. The topological polar surface area (TPSA) is 43.4 Å². The van der Waals surface area contributed by atoms with Crippen molar-refractivity contribution in [1.29, 1.82) is 0 Å². The van der Waals surface area contributed by atoms with Crippen LogP contribution in [-0.2, 0) is 0 Å². The van der Waals surface area contributed by atoms with Gasteiger partial charge in [0, 0.05) is 6.20 Å². The molecule has 110 valence electrons. The van der Waals surface area contributed by atoms with Crippen LogP contribution in [-0.4, -0.2) is 24.7 Å². The second-order valence-electron chi connectivity index (χ2n) is 4.83. The van der Waals surface area contributed by atoms with Crippen molar-refractivity contribution in [2.45, 2.75) is 13.0 Å². The van der Waals surface area contributed by atoms with Crippen LogP contribution < -0.4 is 14.8 Å². The molecule has 1 aliphatic heterocycles. The van der Waals surface area contributed by atoms with E-state index in [1.807, 2.05) is 25.1 Å². The van der Waals surface area contributed by atoms with Gasteiger partial charge in [0.2, 0.25) is 0 Å². The maximum atomic E-state index is 13.4. The molecule has 1 atom stereocenters. The number of rotatable bonds is 4. The number of benzene rings is 1. The fraction of sp³-hybridized carbons (Fsp3) is 0.312. The molecule has 1 N–H and O–H groups in total. The minimum Gasteiger partial charge on any atom is -0.486 e. The van der Waals surface area contributed by atoms with Crippen LogP contribution in [0.5, 0.6) is 11.5 Å². The zero-order valence-electron chi connectivity index (χ0n) is 11.8. The summed E-state index contributed by atoms with van der Waals surface area (Å²) < 4.78 is 24.6. The summed E-state index contributed by atoms with van der Waals surface area (Å²) in [7, 11) is 0. The molecule has 3 rings (SSSR count). The Labute approximate surface area is 122 Å². The van der Waals surface area contributed by atoms with Crippen LogP contribution >= 0.6 is 0 Å². The molecule has 2 aromatic rings. The van der Waals surface area contributed by atoms with Crippen LogP contribution in [0.2, 0.25) is 0 Å². The average Bonchev–Trinajstić information content (AvgIpc) is 2.52. The molecule has 4 nitrogen and oxygen atoms in total. The molecule has 1 aromatic heterocycles. The highest BCUT2D eigenvalue weighted by molar-refractivity contribution is 5.46. The van der Waals surface area contributed by atoms with Crippen LogP contribution in [0.15, 0.2) is 36.7 Å². The quantitative estimate of drug-likeness (QED) is 0.939. The Morgan fingerprint density at radius 3 is 2.71 bits per heavy atom. The van der Waals surface area contributed by atoms with Crippen molar-refractivity contribution in [3.8, 4) is 11.5 Å². The first kappa shape index (κ1) is 13.8. The summed E-state index contributed by atoms with van der Waals surface area (Å²) in [5, 5.41) is 3.35. The highest BCUT2D eigenvalue weighted by Gasteiger charge is 2.18. The Kier molecular flexibility index (Phi) is 4.01. The van der Waals surface area contributed by atoms with Crippen molar-refractivity contribution < 1.29 is 13.9 Å². The van der Waals surface area contributed by atoms with Crippen LogP contribution in [0.3, 0.4) is 0 Å². The molecule has 0 spiro atoms. The van der Waals surface area contributed by atoms with E-state index < -0.39 is 0 Å². The van der Waals surface area contributed by atoms with Gasteiger partial charge in [0.15, 0.2) is 11.5 Å². The molecule has 0 amide bonds. The molecule has 21 heavy (non-hydrogen) atoms. The Balaban J connectivity index is 1.97. The van der Waals surface area contributed by atoms with E-state index in [4.69, 9.17) is 9.47 Å². The molecule has 1 aromatic carbocycles. The highest BCUT2D eigenvalue weighted by Crippen LogP contribution is 2.34. The minimum absolute atomic E-state index is 0.131. The van der Waals surface area contributed by atoms with Crippen molar-refractivity contribution in [2.24, 2.45) is 0 Å². The van der Waals surface area contributed by atoms with Gasteiger partial charge in [0.1, 0.15) is 19.0 Å². The third kappa shape index (κ3) is 2.97. The van der Waals surface area contributed by atoms with E-state index in [0.29, 0.717) is 13.2 Å². The molecule has 1 unspecified atom stereocenters. The van der Waals surface area contributed by atoms with Gasteiger partial charge in [-0.2, -0.15) is 0 Å². The summed E-state index contributed by atoms with van der Waals surface area (Å²) in [6, 6.07) is 7.16. The van der Waals surface area contributed by atoms with E-state index in [2.05, 4.69) is 10.3 Å². The van der Waals surface area contributed by atoms with Gasteiger partial charge in [-0.15, -0.1) is 0 Å². The maximum Gasteiger partial charge on any atom is 0.161 e. The Morgan fingerprint density at radius 1 is 1.14 bits per heavy atom. The molecule has 0 aliphatic carbocycles. The SMILES string of the molecule is CCNC(c1cncc(F)c1)c1ccc2c(c1)OCCO2. The van der Waals surface area contributed by atoms with Gasteiger partial charge < -0.3 is 14.8 Å². The largest absolute Gasteiger partial charge is 0.486 e. The normalized spacial score (nSPS) is 14.8. The van der Waals surface area contributed by atoms with E-state index in [1.54, 1.807) is 6.20 Å². The number of nitrogens with zero attached hydrogens (tertiary/aromatic N) is 1. The van der Waals surface area contributed by atoms with Crippen LogP contribution in [0.25, 0.3) is 0 Å². The van der Waals surface area contributed by atoms with E-state index in [1.165, 1.54) is 12.3 Å². The number of hydrogen-bond acceptors (Lipinski definition) is 4. The highest BCUT2D eigenvalue weighted by atomic mass is 19.1. The Hall–Kier alpha value is -2.14. The van der Waals surface area contributed by atoms with Crippen molar-refractivity contribution in [1.82, 2.24) is 10.3 Å². The molecular weight excluding hydrogens is 271 g/mol. The molecule has 0 radical (unpaired) electrons. The number of ether oxygens (including phenoxy) is 2. The van der Waals surface area contributed by atoms with Crippen molar-refractivity contribution in [2.75, 3.05) is 19.8 Å². The van der Waals surface area contributed by atoms with Crippen molar-refractivity contribution >= 4 is 0 Å². The second-order valence-corrected chi connectivity index (χ2v) is 4.83. The maximum absolute atomic E-state index is 13.4. The fourth-order valence-corrected chi connectivity index (χ4v) is 2.46. The number of pyridine rings is 1. The summed E-state index contributed by atoms with van der Waals surface area (Å²) >= 11 is 0. The standard InChI is InChI=1S/C16H17FN2O2/c1-2-19-16(12-7-13(17)10-18-9-12)11-3-4-14-15(8-11)21-6-5-20-14/h3-4,7-10,16,19H,2,5-6H2,1H3. The lowest BCUT2D eigenvalue weighted by atomic mass is 9.99. The minimum atomic E-state index is -0.340. The lowest BCUT2D eigenvalue weighted by molar-refractivity contribution is 0.171. The molecule has 2 heterocycles. The summed E-state index contributed by atoms with van der Waals surface area (Å²) in [5.41, 5.74) is 1.78. The average molecular weight is 288 g/mol. The zero-order valence-corrected chi connectivity index (χ0v) is 11.8. The number of nitrogens with one attached hydrogen (secondary N) is 1.